The predicted octanol–water partition coefficient (Wildman–Crippen LogP) is 2.90. The number of rotatable bonds is 6. The molecule has 0 spiro atoms. The van der Waals surface area contributed by atoms with Gasteiger partial charge < -0.3 is 19.1 Å². The van der Waals surface area contributed by atoms with Gasteiger partial charge in [-0.25, -0.2) is 8.78 Å². The molecule has 1 aliphatic heterocycles. The Kier molecular flexibility index (Phi) is 5.54. The van der Waals surface area contributed by atoms with E-state index in [4.69, 9.17) is 9.47 Å². The van der Waals surface area contributed by atoms with Gasteiger partial charge in [0.2, 0.25) is 6.79 Å². The number of halogens is 2. The number of methoxy groups -OCH3 is 1. The molecule has 1 heterocycles. The van der Waals surface area contributed by atoms with E-state index in [0.717, 1.165) is 17.7 Å². The van der Waals surface area contributed by atoms with Crippen molar-refractivity contribution in [2.24, 2.45) is 0 Å². The molecule has 1 amide bonds. The normalized spacial score (nSPS) is 12.0. The zero-order chi connectivity index (χ0) is 19.4. The van der Waals surface area contributed by atoms with E-state index in [-0.39, 0.29) is 31.9 Å². The van der Waals surface area contributed by atoms with E-state index in [9.17, 15) is 18.4 Å². The minimum atomic E-state index is -1.11. The number of hydrogen-bond donors (Lipinski definition) is 0. The maximum Gasteiger partial charge on any atom is 0.307 e. The molecule has 8 heteroatoms. The second-order valence-electron chi connectivity index (χ2n) is 5.87. The van der Waals surface area contributed by atoms with Crippen LogP contribution in [0.25, 0.3) is 0 Å². The average molecular weight is 377 g/mol. The Morgan fingerprint density at radius 3 is 2.59 bits per heavy atom. The lowest BCUT2D eigenvalue weighted by molar-refractivity contribution is -0.140. The van der Waals surface area contributed by atoms with Crippen LogP contribution in [0, 0.1) is 11.6 Å². The van der Waals surface area contributed by atoms with Gasteiger partial charge in [0.05, 0.1) is 13.5 Å². The fourth-order valence-corrected chi connectivity index (χ4v) is 2.65. The molecule has 0 bridgehead atoms. The highest BCUT2D eigenvalue weighted by Crippen LogP contribution is 2.33. The molecule has 0 fully saturated rings. The Morgan fingerprint density at radius 2 is 1.85 bits per heavy atom. The summed E-state index contributed by atoms with van der Waals surface area (Å²) in [5, 5.41) is 0. The lowest BCUT2D eigenvalue weighted by Gasteiger charge is -2.23. The van der Waals surface area contributed by atoms with Crippen molar-refractivity contribution >= 4 is 11.9 Å². The zero-order valence-corrected chi connectivity index (χ0v) is 14.5. The number of ether oxygens (including phenoxy) is 3. The summed E-state index contributed by atoms with van der Waals surface area (Å²) in [6, 6.07) is 8.14. The molecule has 0 aromatic heterocycles. The predicted molar refractivity (Wildman–Crippen MR) is 90.3 cm³/mol. The molecule has 27 heavy (non-hydrogen) atoms. The van der Waals surface area contributed by atoms with Gasteiger partial charge in [0.25, 0.3) is 5.91 Å². The Labute approximate surface area is 154 Å². The van der Waals surface area contributed by atoms with Crippen molar-refractivity contribution in [1.82, 2.24) is 4.90 Å². The number of fused-ring (bicyclic) bond motifs is 1. The van der Waals surface area contributed by atoms with Crippen molar-refractivity contribution in [1.29, 1.82) is 0 Å². The Balaban J connectivity index is 1.82. The minimum absolute atomic E-state index is 0.0143. The highest BCUT2D eigenvalue weighted by Gasteiger charge is 2.21. The van der Waals surface area contributed by atoms with Crippen molar-refractivity contribution in [2.75, 3.05) is 20.4 Å². The van der Waals surface area contributed by atoms with Crippen molar-refractivity contribution < 1.29 is 32.6 Å². The molecule has 0 saturated carbocycles. The average Bonchev–Trinajstić information content (AvgIpc) is 3.14. The maximum absolute atomic E-state index is 13.5. The van der Waals surface area contributed by atoms with Gasteiger partial charge >= 0.3 is 5.97 Å². The van der Waals surface area contributed by atoms with Crippen LogP contribution in [0.4, 0.5) is 8.78 Å². The summed E-state index contributed by atoms with van der Waals surface area (Å²) in [7, 11) is 1.25. The fourth-order valence-electron chi connectivity index (χ4n) is 2.65. The molecule has 2 aromatic carbocycles. The summed E-state index contributed by atoms with van der Waals surface area (Å²) < 4.78 is 41.8. The third kappa shape index (κ3) is 4.33. The Hall–Kier alpha value is -3.16. The largest absolute Gasteiger partial charge is 0.469 e. The van der Waals surface area contributed by atoms with Gasteiger partial charge in [-0.1, -0.05) is 6.07 Å². The first-order valence-corrected chi connectivity index (χ1v) is 8.17. The molecule has 3 rings (SSSR count). The van der Waals surface area contributed by atoms with Crippen molar-refractivity contribution in [3.63, 3.8) is 0 Å². The molecule has 6 nitrogen and oxygen atoms in total. The van der Waals surface area contributed by atoms with Crippen LogP contribution >= 0.6 is 0 Å². The molecule has 142 valence electrons. The summed E-state index contributed by atoms with van der Waals surface area (Å²) in [5.41, 5.74) is 0.722. The Bertz CT molecular complexity index is 871. The van der Waals surface area contributed by atoms with Crippen LogP contribution in [0.2, 0.25) is 0 Å². The van der Waals surface area contributed by atoms with Gasteiger partial charge in [0.1, 0.15) is 0 Å². The third-order valence-corrected chi connectivity index (χ3v) is 4.08. The number of benzene rings is 2. The first-order chi connectivity index (χ1) is 13.0. The van der Waals surface area contributed by atoms with Crippen LogP contribution in [0.3, 0.4) is 0 Å². The molecule has 0 unspecified atom stereocenters. The molecular weight excluding hydrogens is 360 g/mol. The third-order valence-electron chi connectivity index (χ3n) is 4.08. The van der Waals surface area contributed by atoms with Crippen molar-refractivity contribution in [3.05, 3.63) is 59.2 Å². The first kappa shape index (κ1) is 18.6. The van der Waals surface area contributed by atoms with Gasteiger partial charge in [-0.2, -0.15) is 0 Å². The summed E-state index contributed by atoms with van der Waals surface area (Å²) in [6.07, 6.45) is -0.0313. The van der Waals surface area contributed by atoms with Crippen LogP contribution in [0.1, 0.15) is 22.3 Å². The van der Waals surface area contributed by atoms with Crippen LogP contribution in [-0.4, -0.2) is 37.2 Å². The van der Waals surface area contributed by atoms with E-state index in [1.54, 1.807) is 18.2 Å². The second kappa shape index (κ2) is 8.03. The minimum Gasteiger partial charge on any atom is -0.469 e. The first-order valence-electron chi connectivity index (χ1n) is 8.17. The van der Waals surface area contributed by atoms with Gasteiger partial charge in [-0.05, 0) is 35.9 Å². The number of carbonyl (C=O) groups excluding carboxylic acids is 2. The molecule has 2 aromatic rings. The number of amides is 1. The van der Waals surface area contributed by atoms with Crippen LogP contribution in [-0.2, 0) is 16.1 Å². The van der Waals surface area contributed by atoms with Crippen LogP contribution in [0.15, 0.2) is 36.4 Å². The number of carbonyl (C=O) groups is 2. The van der Waals surface area contributed by atoms with Crippen molar-refractivity contribution in [3.8, 4) is 11.5 Å². The van der Waals surface area contributed by atoms with E-state index in [2.05, 4.69) is 4.74 Å². The quantitative estimate of drug-likeness (QED) is 0.725. The molecular formula is C19H17F2NO5. The number of nitrogens with zero attached hydrogens (tertiary/aromatic N) is 1. The molecule has 0 radical (unpaired) electrons. The number of esters is 1. The van der Waals surface area contributed by atoms with Gasteiger partial charge in [0, 0.05) is 18.7 Å². The summed E-state index contributed by atoms with van der Waals surface area (Å²) in [5.74, 6) is -2.01. The zero-order valence-electron chi connectivity index (χ0n) is 14.5. The fraction of sp³-hybridized carbons (Fsp3) is 0.263. The van der Waals surface area contributed by atoms with E-state index >= 15 is 0 Å². The summed E-state index contributed by atoms with van der Waals surface area (Å²) in [6.45, 7) is 0.322. The van der Waals surface area contributed by atoms with Crippen LogP contribution < -0.4 is 9.47 Å². The highest BCUT2D eigenvalue weighted by atomic mass is 19.2. The molecule has 1 aliphatic rings. The van der Waals surface area contributed by atoms with Gasteiger partial charge in [0.15, 0.2) is 23.1 Å². The van der Waals surface area contributed by atoms with Crippen molar-refractivity contribution in [2.45, 2.75) is 13.0 Å². The Morgan fingerprint density at radius 1 is 1.07 bits per heavy atom. The summed E-state index contributed by atoms with van der Waals surface area (Å²) >= 11 is 0. The maximum atomic E-state index is 13.5. The van der Waals surface area contributed by atoms with E-state index in [0.29, 0.717) is 11.5 Å². The van der Waals surface area contributed by atoms with E-state index in [1.165, 1.54) is 18.1 Å². The SMILES string of the molecule is COC(=O)CCN(Cc1ccc2c(c1)OCO2)C(=O)c1ccc(F)c(F)c1. The smallest absolute Gasteiger partial charge is 0.307 e. The lowest BCUT2D eigenvalue weighted by Crippen LogP contribution is -2.33. The number of hydrogen-bond acceptors (Lipinski definition) is 5. The molecule has 0 aliphatic carbocycles. The van der Waals surface area contributed by atoms with E-state index < -0.39 is 23.5 Å². The van der Waals surface area contributed by atoms with Crippen LogP contribution in [0.5, 0.6) is 11.5 Å². The second-order valence-corrected chi connectivity index (χ2v) is 5.87. The van der Waals surface area contributed by atoms with Gasteiger partial charge in [-0.3, -0.25) is 9.59 Å². The monoisotopic (exact) mass is 377 g/mol. The molecule has 0 N–H and O–H groups in total. The molecule has 0 saturated heterocycles. The van der Waals surface area contributed by atoms with E-state index in [1.807, 2.05) is 0 Å². The molecule has 0 atom stereocenters. The van der Waals surface area contributed by atoms with Gasteiger partial charge in [-0.15, -0.1) is 0 Å². The topological polar surface area (TPSA) is 65.1 Å². The standard InChI is InChI=1S/C19H17F2NO5/c1-25-18(23)6-7-22(19(24)13-3-4-14(20)15(21)9-13)10-12-2-5-16-17(8-12)27-11-26-16/h2-5,8-9H,6-7,10-11H2,1H3. The summed E-state index contributed by atoms with van der Waals surface area (Å²) in [4.78, 5) is 25.6. The lowest BCUT2D eigenvalue weighted by atomic mass is 10.1. The highest BCUT2D eigenvalue weighted by molar-refractivity contribution is 5.94.